The van der Waals surface area contributed by atoms with Crippen molar-refractivity contribution in [1.29, 1.82) is 0 Å². The summed E-state index contributed by atoms with van der Waals surface area (Å²) in [7, 11) is 0. The molecule has 0 radical (unpaired) electrons. The molecule has 2 aromatic carbocycles. The van der Waals surface area contributed by atoms with Gasteiger partial charge < -0.3 is 20.9 Å². The predicted molar refractivity (Wildman–Crippen MR) is 152 cm³/mol. The van der Waals surface area contributed by atoms with Gasteiger partial charge in [0.05, 0.1) is 12.2 Å². The SMILES string of the molecule is CC(C)[C@@H](NC(=O)[C@@H](C)NC(=O)C(C)(C)C)C(=O)NCCC(=O)N1Cc2ccccc2C#Cc2ccccc21. The van der Waals surface area contributed by atoms with Crippen LogP contribution in [0, 0.1) is 23.2 Å². The van der Waals surface area contributed by atoms with Gasteiger partial charge in [-0.25, -0.2) is 0 Å². The van der Waals surface area contributed by atoms with E-state index in [4.69, 9.17) is 0 Å². The molecule has 39 heavy (non-hydrogen) atoms. The number of carbonyl (C=O) groups excluding carboxylic acids is 4. The van der Waals surface area contributed by atoms with E-state index in [1.54, 1.807) is 32.6 Å². The van der Waals surface area contributed by atoms with Crippen molar-refractivity contribution in [2.75, 3.05) is 11.4 Å². The number of amides is 4. The van der Waals surface area contributed by atoms with E-state index in [1.807, 2.05) is 62.4 Å². The van der Waals surface area contributed by atoms with Crippen molar-refractivity contribution >= 4 is 29.3 Å². The van der Waals surface area contributed by atoms with Gasteiger partial charge in [-0.1, -0.05) is 76.8 Å². The zero-order valence-electron chi connectivity index (χ0n) is 23.6. The second-order valence-electron chi connectivity index (χ2n) is 11.1. The molecule has 0 aromatic heterocycles. The van der Waals surface area contributed by atoms with Crippen molar-refractivity contribution in [2.24, 2.45) is 11.3 Å². The maximum atomic E-state index is 13.4. The summed E-state index contributed by atoms with van der Waals surface area (Å²) in [6.45, 7) is 11.0. The minimum Gasteiger partial charge on any atom is -0.354 e. The molecule has 0 unspecified atom stereocenters. The predicted octanol–water partition coefficient (Wildman–Crippen LogP) is 3.13. The molecule has 0 bridgehead atoms. The highest BCUT2D eigenvalue weighted by Crippen LogP contribution is 2.25. The van der Waals surface area contributed by atoms with Crippen molar-refractivity contribution in [3.8, 4) is 11.8 Å². The molecule has 0 spiro atoms. The van der Waals surface area contributed by atoms with Gasteiger partial charge in [-0.3, -0.25) is 19.2 Å². The lowest BCUT2D eigenvalue weighted by molar-refractivity contribution is -0.134. The average molecular weight is 531 g/mol. The van der Waals surface area contributed by atoms with Crippen LogP contribution in [0.2, 0.25) is 0 Å². The van der Waals surface area contributed by atoms with Gasteiger partial charge in [-0.05, 0) is 36.6 Å². The third kappa shape index (κ3) is 7.70. The summed E-state index contributed by atoms with van der Waals surface area (Å²) in [4.78, 5) is 53.0. The molecular formula is C31H38N4O4. The van der Waals surface area contributed by atoms with Gasteiger partial charge in [0.25, 0.3) is 0 Å². The third-order valence-electron chi connectivity index (χ3n) is 6.48. The minimum atomic E-state index is -0.814. The lowest BCUT2D eigenvalue weighted by atomic mass is 9.95. The van der Waals surface area contributed by atoms with Crippen molar-refractivity contribution in [2.45, 2.75) is 66.6 Å². The Hall–Kier alpha value is -4.12. The van der Waals surface area contributed by atoms with Crippen LogP contribution in [0.25, 0.3) is 0 Å². The molecule has 4 amide bonds. The maximum Gasteiger partial charge on any atom is 0.242 e. The fourth-order valence-electron chi connectivity index (χ4n) is 4.04. The first-order chi connectivity index (χ1) is 18.4. The zero-order chi connectivity index (χ0) is 28.7. The monoisotopic (exact) mass is 530 g/mol. The molecule has 0 fully saturated rings. The Bertz CT molecular complexity index is 1300. The number of anilines is 1. The number of para-hydroxylation sites is 1. The van der Waals surface area contributed by atoms with Gasteiger partial charge in [-0.2, -0.15) is 0 Å². The number of nitrogens with one attached hydrogen (secondary N) is 3. The van der Waals surface area contributed by atoms with Crippen molar-refractivity contribution in [3.05, 3.63) is 65.2 Å². The first-order valence-electron chi connectivity index (χ1n) is 13.3. The maximum absolute atomic E-state index is 13.4. The number of carbonyl (C=O) groups is 4. The van der Waals surface area contributed by atoms with Gasteiger partial charge in [0.2, 0.25) is 23.6 Å². The second-order valence-corrected chi connectivity index (χ2v) is 11.1. The Labute approximate surface area is 230 Å². The highest BCUT2D eigenvalue weighted by Gasteiger charge is 2.29. The van der Waals surface area contributed by atoms with E-state index in [2.05, 4.69) is 27.8 Å². The van der Waals surface area contributed by atoms with Crippen LogP contribution >= 0.6 is 0 Å². The van der Waals surface area contributed by atoms with Gasteiger partial charge in [0.1, 0.15) is 12.1 Å². The summed E-state index contributed by atoms with van der Waals surface area (Å²) >= 11 is 0. The number of hydrogen-bond acceptors (Lipinski definition) is 4. The molecule has 206 valence electrons. The van der Waals surface area contributed by atoms with E-state index >= 15 is 0 Å². The molecule has 1 heterocycles. The molecule has 3 N–H and O–H groups in total. The molecule has 0 aliphatic carbocycles. The van der Waals surface area contributed by atoms with Crippen molar-refractivity contribution < 1.29 is 19.2 Å². The van der Waals surface area contributed by atoms with Crippen LogP contribution in [0.1, 0.15) is 64.7 Å². The lowest BCUT2D eigenvalue weighted by Crippen LogP contribution is -2.55. The van der Waals surface area contributed by atoms with E-state index in [0.29, 0.717) is 6.54 Å². The molecule has 1 aliphatic rings. The molecular weight excluding hydrogens is 492 g/mol. The van der Waals surface area contributed by atoms with E-state index in [1.165, 1.54) is 0 Å². The van der Waals surface area contributed by atoms with Crippen LogP contribution in [-0.4, -0.2) is 42.3 Å². The van der Waals surface area contributed by atoms with E-state index < -0.39 is 23.4 Å². The normalized spacial score (nSPS) is 13.9. The number of hydrogen-bond donors (Lipinski definition) is 3. The van der Waals surface area contributed by atoms with E-state index in [0.717, 1.165) is 22.4 Å². The summed E-state index contributed by atoms with van der Waals surface area (Å²) in [5.41, 5.74) is 2.68. The molecule has 0 saturated carbocycles. The zero-order valence-corrected chi connectivity index (χ0v) is 23.6. The van der Waals surface area contributed by atoms with Crippen LogP contribution < -0.4 is 20.9 Å². The Morgan fingerprint density at radius 2 is 1.49 bits per heavy atom. The van der Waals surface area contributed by atoms with Gasteiger partial charge >= 0.3 is 0 Å². The third-order valence-corrected chi connectivity index (χ3v) is 6.48. The Morgan fingerprint density at radius 1 is 0.872 bits per heavy atom. The first-order valence-corrected chi connectivity index (χ1v) is 13.3. The van der Waals surface area contributed by atoms with Gasteiger partial charge in [0.15, 0.2) is 0 Å². The van der Waals surface area contributed by atoms with Crippen LogP contribution in [0.3, 0.4) is 0 Å². The fraction of sp³-hybridized carbons (Fsp3) is 0.419. The van der Waals surface area contributed by atoms with Crippen LogP contribution in [0.4, 0.5) is 5.69 Å². The van der Waals surface area contributed by atoms with E-state index in [-0.39, 0.29) is 36.6 Å². The largest absolute Gasteiger partial charge is 0.354 e. The molecule has 8 heteroatoms. The highest BCUT2D eigenvalue weighted by atomic mass is 16.2. The molecule has 0 saturated heterocycles. The van der Waals surface area contributed by atoms with Crippen molar-refractivity contribution in [3.63, 3.8) is 0 Å². The summed E-state index contributed by atoms with van der Waals surface area (Å²) in [6.07, 6.45) is 0.0759. The molecule has 2 atom stereocenters. The van der Waals surface area contributed by atoms with Crippen LogP contribution in [0.15, 0.2) is 48.5 Å². The molecule has 3 rings (SSSR count). The Morgan fingerprint density at radius 3 is 2.15 bits per heavy atom. The van der Waals surface area contributed by atoms with Crippen molar-refractivity contribution in [1.82, 2.24) is 16.0 Å². The summed E-state index contributed by atoms with van der Waals surface area (Å²) < 4.78 is 0. The number of rotatable bonds is 8. The number of fused-ring (bicyclic) bond motifs is 2. The standard InChI is InChI=1S/C31H38N4O4/c1-20(2)27(34-28(37)21(3)33-30(39)31(4,5)6)29(38)32-18-17-26(36)35-19-24-13-8-7-11-22(24)15-16-23-12-9-10-14-25(23)35/h7-14,20-21,27H,17-19H2,1-6H3,(H,32,38)(H,33,39)(H,34,37)/t21-,27-/m1/s1. The molecule has 1 aliphatic heterocycles. The fourth-order valence-corrected chi connectivity index (χ4v) is 4.04. The Kier molecular flexibility index (Phi) is 9.52. The summed E-state index contributed by atoms with van der Waals surface area (Å²) in [5.74, 6) is 4.93. The number of benzene rings is 2. The molecule has 2 aromatic rings. The van der Waals surface area contributed by atoms with E-state index in [9.17, 15) is 19.2 Å². The molecule has 8 nitrogen and oxygen atoms in total. The summed E-state index contributed by atoms with van der Waals surface area (Å²) in [5, 5.41) is 8.21. The highest BCUT2D eigenvalue weighted by molar-refractivity contribution is 5.96. The topological polar surface area (TPSA) is 108 Å². The first kappa shape index (κ1) is 29.4. The Balaban J connectivity index is 1.63. The quantitative estimate of drug-likeness (QED) is 0.456. The average Bonchev–Trinajstić information content (AvgIpc) is 2.87. The second kappa shape index (κ2) is 12.6. The smallest absolute Gasteiger partial charge is 0.242 e. The summed E-state index contributed by atoms with van der Waals surface area (Å²) in [6, 6.07) is 13.7. The minimum absolute atomic E-state index is 0.0759. The number of nitrogens with zero attached hydrogens (tertiary/aromatic N) is 1. The van der Waals surface area contributed by atoms with Crippen LogP contribution in [-0.2, 0) is 25.7 Å². The van der Waals surface area contributed by atoms with Gasteiger partial charge in [-0.15, -0.1) is 0 Å². The lowest BCUT2D eigenvalue weighted by Gasteiger charge is -2.27. The van der Waals surface area contributed by atoms with Crippen LogP contribution in [0.5, 0.6) is 0 Å². The van der Waals surface area contributed by atoms with Gasteiger partial charge in [0, 0.05) is 29.5 Å².